The van der Waals surface area contributed by atoms with Gasteiger partial charge in [0.2, 0.25) is 11.8 Å². The smallest absolute Gasteiger partial charge is 0.246 e. The van der Waals surface area contributed by atoms with E-state index in [1.807, 2.05) is 0 Å². The fourth-order valence-electron chi connectivity index (χ4n) is 2.11. The Morgan fingerprint density at radius 2 is 1.92 bits per heavy atom. The van der Waals surface area contributed by atoms with Crippen LogP contribution in [0, 0.1) is 5.82 Å². The summed E-state index contributed by atoms with van der Waals surface area (Å²) in [6, 6.07) is 11.0. The summed E-state index contributed by atoms with van der Waals surface area (Å²) in [5.74, 6) is -1.11. The summed E-state index contributed by atoms with van der Waals surface area (Å²) in [6.07, 6.45) is 2.75. The molecule has 1 N–H and O–H groups in total. The van der Waals surface area contributed by atoms with E-state index in [0.29, 0.717) is 16.3 Å². The second kappa shape index (κ2) is 9.01. The number of benzene rings is 2. The van der Waals surface area contributed by atoms with E-state index in [4.69, 9.17) is 16.3 Å². The summed E-state index contributed by atoms with van der Waals surface area (Å²) in [5, 5.41) is 3.23. The predicted molar refractivity (Wildman–Crippen MR) is 99.7 cm³/mol. The number of nitrogens with one attached hydrogen (secondary N) is 1. The highest BCUT2D eigenvalue weighted by atomic mass is 35.5. The molecule has 0 aromatic heterocycles. The zero-order valence-corrected chi connectivity index (χ0v) is 15.1. The lowest BCUT2D eigenvalue weighted by Gasteiger charge is -2.15. The monoisotopic (exact) mass is 376 g/mol. The molecule has 136 valence electrons. The van der Waals surface area contributed by atoms with Gasteiger partial charge in [0.15, 0.2) is 11.6 Å². The molecule has 0 aliphatic carbocycles. The fourth-order valence-corrected chi connectivity index (χ4v) is 2.23. The number of hydrogen-bond acceptors (Lipinski definition) is 3. The Labute approximate surface area is 156 Å². The van der Waals surface area contributed by atoms with Gasteiger partial charge in [0.1, 0.15) is 0 Å². The van der Waals surface area contributed by atoms with Crippen LogP contribution in [0.25, 0.3) is 6.08 Å². The zero-order chi connectivity index (χ0) is 19.1. The number of rotatable bonds is 6. The zero-order valence-electron chi connectivity index (χ0n) is 14.3. The number of halogens is 2. The van der Waals surface area contributed by atoms with E-state index in [2.05, 4.69) is 5.32 Å². The number of carbonyl (C=O) groups excluding carboxylic acids is 2. The van der Waals surface area contributed by atoms with Crippen LogP contribution < -0.4 is 10.1 Å². The first-order chi connectivity index (χ1) is 12.4. The van der Waals surface area contributed by atoms with Gasteiger partial charge in [0.05, 0.1) is 13.7 Å². The van der Waals surface area contributed by atoms with Gasteiger partial charge < -0.3 is 15.0 Å². The molecule has 0 bridgehead atoms. The van der Waals surface area contributed by atoms with Crippen LogP contribution in [0.4, 0.5) is 10.1 Å². The van der Waals surface area contributed by atoms with Crippen molar-refractivity contribution in [1.82, 2.24) is 4.90 Å². The van der Waals surface area contributed by atoms with Crippen LogP contribution in [0.15, 0.2) is 48.5 Å². The summed E-state index contributed by atoms with van der Waals surface area (Å²) >= 11 is 5.78. The van der Waals surface area contributed by atoms with Crippen LogP contribution in [-0.2, 0) is 9.59 Å². The highest BCUT2D eigenvalue weighted by Crippen LogP contribution is 2.18. The van der Waals surface area contributed by atoms with Gasteiger partial charge in [-0.15, -0.1) is 0 Å². The van der Waals surface area contributed by atoms with E-state index >= 15 is 0 Å². The lowest BCUT2D eigenvalue weighted by Crippen LogP contribution is -2.33. The molecule has 0 heterocycles. The molecule has 0 aliphatic heterocycles. The van der Waals surface area contributed by atoms with Gasteiger partial charge in [0, 0.05) is 23.8 Å². The van der Waals surface area contributed by atoms with Crippen molar-refractivity contribution in [3.63, 3.8) is 0 Å². The van der Waals surface area contributed by atoms with Gasteiger partial charge in [-0.2, -0.15) is 0 Å². The molecular formula is C19H18ClFN2O3. The molecule has 0 aliphatic rings. The van der Waals surface area contributed by atoms with Gasteiger partial charge in [-0.05, 0) is 48.0 Å². The molecule has 0 saturated carbocycles. The molecule has 7 heteroatoms. The number of hydrogen-bond donors (Lipinski definition) is 1. The number of amides is 2. The standard InChI is InChI=1S/C19H18ClFN2O3/c1-23(12-18(24)22-15-7-5-14(20)6-8-15)19(25)10-4-13-3-9-17(26-2)16(21)11-13/h3-11H,12H2,1-2H3,(H,22,24)/b10-4+. The average molecular weight is 377 g/mol. The Kier molecular flexibility index (Phi) is 6.74. The van der Waals surface area contributed by atoms with Gasteiger partial charge in [-0.3, -0.25) is 9.59 Å². The summed E-state index contributed by atoms with van der Waals surface area (Å²) in [7, 11) is 2.88. The SMILES string of the molecule is COc1ccc(/C=C/C(=O)N(C)CC(=O)Nc2ccc(Cl)cc2)cc1F. The molecule has 2 aromatic carbocycles. The molecule has 2 rings (SSSR count). The minimum atomic E-state index is -0.516. The van der Waals surface area contributed by atoms with Crippen LogP contribution in [0.5, 0.6) is 5.75 Å². The number of methoxy groups -OCH3 is 1. The lowest BCUT2D eigenvalue weighted by molar-refractivity contribution is -0.129. The third-order valence-electron chi connectivity index (χ3n) is 3.48. The Bertz CT molecular complexity index is 822. The molecule has 5 nitrogen and oxygen atoms in total. The molecule has 0 saturated heterocycles. The van der Waals surface area contributed by atoms with Crippen LogP contribution in [0.1, 0.15) is 5.56 Å². The van der Waals surface area contributed by atoms with Gasteiger partial charge in [0.25, 0.3) is 0 Å². The number of nitrogens with zero attached hydrogens (tertiary/aromatic N) is 1. The normalized spacial score (nSPS) is 10.6. The third kappa shape index (κ3) is 5.60. The topological polar surface area (TPSA) is 58.6 Å². The highest BCUT2D eigenvalue weighted by molar-refractivity contribution is 6.30. The van der Waals surface area contributed by atoms with E-state index in [1.54, 1.807) is 30.3 Å². The minimum Gasteiger partial charge on any atom is -0.494 e. The van der Waals surface area contributed by atoms with Crippen molar-refractivity contribution in [1.29, 1.82) is 0 Å². The number of ether oxygens (including phenoxy) is 1. The van der Waals surface area contributed by atoms with Crippen molar-refractivity contribution in [3.05, 3.63) is 64.9 Å². The molecular weight excluding hydrogens is 359 g/mol. The Balaban J connectivity index is 1.91. The van der Waals surface area contributed by atoms with Gasteiger partial charge >= 0.3 is 0 Å². The Hall–Kier alpha value is -2.86. The second-order valence-corrected chi connectivity index (χ2v) is 5.91. The number of likely N-dealkylation sites (N-methyl/N-ethyl adjacent to an activating group) is 1. The van der Waals surface area contributed by atoms with Gasteiger partial charge in [-0.1, -0.05) is 17.7 Å². The molecule has 26 heavy (non-hydrogen) atoms. The number of carbonyl (C=O) groups is 2. The Morgan fingerprint density at radius 1 is 1.23 bits per heavy atom. The fraction of sp³-hybridized carbons (Fsp3) is 0.158. The first-order valence-electron chi connectivity index (χ1n) is 7.71. The second-order valence-electron chi connectivity index (χ2n) is 5.48. The average Bonchev–Trinajstić information content (AvgIpc) is 2.61. The van der Waals surface area contributed by atoms with Crippen LogP contribution in [0.3, 0.4) is 0 Å². The number of anilines is 1. The minimum absolute atomic E-state index is 0.122. The summed E-state index contributed by atoms with van der Waals surface area (Å²) in [5.41, 5.74) is 1.10. The summed E-state index contributed by atoms with van der Waals surface area (Å²) in [4.78, 5) is 25.3. The maximum Gasteiger partial charge on any atom is 0.246 e. The van der Waals surface area contributed by atoms with Gasteiger partial charge in [-0.25, -0.2) is 4.39 Å². The largest absolute Gasteiger partial charge is 0.494 e. The molecule has 0 fully saturated rings. The van der Waals surface area contributed by atoms with Crippen molar-refractivity contribution < 1.29 is 18.7 Å². The van der Waals surface area contributed by atoms with Crippen molar-refractivity contribution in [2.24, 2.45) is 0 Å². The highest BCUT2D eigenvalue weighted by Gasteiger charge is 2.11. The maximum absolute atomic E-state index is 13.6. The summed E-state index contributed by atoms with van der Waals surface area (Å²) < 4.78 is 18.5. The molecule has 0 spiro atoms. The first kappa shape index (κ1) is 19.5. The van der Waals surface area contributed by atoms with E-state index in [1.165, 1.54) is 43.3 Å². The quantitative estimate of drug-likeness (QED) is 0.784. The molecule has 0 radical (unpaired) electrons. The summed E-state index contributed by atoms with van der Waals surface area (Å²) in [6.45, 7) is -0.122. The van der Waals surface area contributed by atoms with E-state index in [0.717, 1.165) is 0 Å². The van der Waals surface area contributed by atoms with E-state index in [-0.39, 0.29) is 24.1 Å². The van der Waals surface area contributed by atoms with Crippen molar-refractivity contribution in [2.45, 2.75) is 0 Å². The molecule has 0 atom stereocenters. The first-order valence-corrected chi connectivity index (χ1v) is 8.09. The maximum atomic E-state index is 13.6. The molecule has 2 aromatic rings. The van der Waals surface area contributed by atoms with Crippen LogP contribution in [-0.4, -0.2) is 37.4 Å². The van der Waals surface area contributed by atoms with Crippen molar-refractivity contribution in [2.75, 3.05) is 26.0 Å². The van der Waals surface area contributed by atoms with Crippen molar-refractivity contribution >= 4 is 35.2 Å². The lowest BCUT2D eigenvalue weighted by atomic mass is 10.2. The van der Waals surface area contributed by atoms with E-state index < -0.39 is 5.82 Å². The van der Waals surface area contributed by atoms with E-state index in [9.17, 15) is 14.0 Å². The predicted octanol–water partition coefficient (Wildman–Crippen LogP) is 3.60. The molecule has 2 amide bonds. The van der Waals surface area contributed by atoms with Crippen molar-refractivity contribution in [3.8, 4) is 5.75 Å². The Morgan fingerprint density at radius 3 is 2.54 bits per heavy atom. The van der Waals surface area contributed by atoms with Crippen LogP contribution >= 0.6 is 11.6 Å². The third-order valence-corrected chi connectivity index (χ3v) is 3.73. The molecule has 0 unspecified atom stereocenters. The van der Waals surface area contributed by atoms with Crippen LogP contribution in [0.2, 0.25) is 5.02 Å².